The van der Waals surface area contributed by atoms with Crippen LogP contribution in [0.2, 0.25) is 0 Å². The van der Waals surface area contributed by atoms with Crippen LogP contribution in [-0.2, 0) is 0 Å². The maximum atomic E-state index is 4.45. The smallest absolute Gasteiger partial charge is 0.116 e. The summed E-state index contributed by atoms with van der Waals surface area (Å²) in [4.78, 5) is 8.56. The lowest BCUT2D eigenvalue weighted by molar-refractivity contribution is 1.14. The average Bonchev–Trinajstić information content (AvgIpc) is 3.05. The molecule has 3 nitrogen and oxygen atoms in total. The quantitative estimate of drug-likeness (QED) is 0.448. The molecule has 0 unspecified atom stereocenters. The molecule has 0 atom stereocenters. The molecule has 0 spiro atoms. The molecule has 108 valence electrons. The molecule has 2 heterocycles. The fourth-order valence-corrected chi connectivity index (χ4v) is 3.30. The van der Waals surface area contributed by atoms with E-state index in [2.05, 4.69) is 81.4 Å². The van der Waals surface area contributed by atoms with E-state index in [1.54, 1.807) is 6.33 Å². The van der Waals surface area contributed by atoms with E-state index in [4.69, 9.17) is 0 Å². The summed E-state index contributed by atoms with van der Waals surface area (Å²) >= 11 is 0. The molecule has 0 fully saturated rings. The van der Waals surface area contributed by atoms with Gasteiger partial charge in [-0.1, -0.05) is 36.4 Å². The first-order valence-electron chi connectivity index (χ1n) is 7.60. The summed E-state index contributed by atoms with van der Waals surface area (Å²) in [7, 11) is 0. The van der Waals surface area contributed by atoms with Gasteiger partial charge in [0.2, 0.25) is 0 Å². The SMILES string of the molecule is c1ccc2c(-n3ccc4c5ncncc5ccc43)cccc2c1. The standard InChI is InChI=1S/C20H13N3/c1-2-6-16-14(4-1)5-3-7-18(16)23-11-10-17-19(23)9-8-15-12-21-13-22-20(15)17/h1-13H. The number of fused-ring (bicyclic) bond motifs is 4. The van der Waals surface area contributed by atoms with Crippen molar-refractivity contribution in [3.05, 3.63) is 79.4 Å². The fraction of sp³-hybridized carbons (Fsp3) is 0. The summed E-state index contributed by atoms with van der Waals surface area (Å²) in [5, 5.41) is 4.71. The molecule has 5 aromatic rings. The van der Waals surface area contributed by atoms with Crippen LogP contribution in [0, 0.1) is 0 Å². The van der Waals surface area contributed by atoms with Crippen LogP contribution in [0.5, 0.6) is 0 Å². The molecule has 0 aliphatic heterocycles. The second-order valence-corrected chi connectivity index (χ2v) is 5.64. The average molecular weight is 295 g/mol. The van der Waals surface area contributed by atoms with E-state index in [1.165, 1.54) is 16.5 Å². The van der Waals surface area contributed by atoms with Crippen molar-refractivity contribution in [3.63, 3.8) is 0 Å². The van der Waals surface area contributed by atoms with E-state index in [-0.39, 0.29) is 0 Å². The van der Waals surface area contributed by atoms with Gasteiger partial charge in [-0.05, 0) is 29.7 Å². The molecule has 0 aliphatic carbocycles. The van der Waals surface area contributed by atoms with E-state index >= 15 is 0 Å². The third kappa shape index (κ3) is 1.77. The van der Waals surface area contributed by atoms with Crippen molar-refractivity contribution >= 4 is 32.6 Å². The normalized spacial score (nSPS) is 11.5. The van der Waals surface area contributed by atoms with Crippen LogP contribution in [-0.4, -0.2) is 14.5 Å². The third-order valence-electron chi connectivity index (χ3n) is 4.37. The second-order valence-electron chi connectivity index (χ2n) is 5.64. The van der Waals surface area contributed by atoms with E-state index in [9.17, 15) is 0 Å². The van der Waals surface area contributed by atoms with Gasteiger partial charge in [0.05, 0.1) is 16.7 Å². The Labute approximate surface area is 132 Å². The van der Waals surface area contributed by atoms with Crippen LogP contribution in [0.4, 0.5) is 0 Å². The summed E-state index contributed by atoms with van der Waals surface area (Å²) in [5.74, 6) is 0. The van der Waals surface area contributed by atoms with Crippen molar-refractivity contribution < 1.29 is 0 Å². The maximum Gasteiger partial charge on any atom is 0.116 e. The van der Waals surface area contributed by atoms with Crippen LogP contribution in [0.15, 0.2) is 79.4 Å². The largest absolute Gasteiger partial charge is 0.316 e. The van der Waals surface area contributed by atoms with Gasteiger partial charge in [0.15, 0.2) is 0 Å². The van der Waals surface area contributed by atoms with Gasteiger partial charge in [-0.15, -0.1) is 0 Å². The first-order chi connectivity index (χ1) is 11.4. The Kier molecular flexibility index (Phi) is 2.50. The van der Waals surface area contributed by atoms with Crippen LogP contribution >= 0.6 is 0 Å². The highest BCUT2D eigenvalue weighted by molar-refractivity contribution is 6.05. The Hall–Kier alpha value is -3.20. The van der Waals surface area contributed by atoms with Crippen LogP contribution < -0.4 is 0 Å². The summed E-state index contributed by atoms with van der Waals surface area (Å²) < 4.78 is 2.24. The Balaban J connectivity index is 1.88. The highest BCUT2D eigenvalue weighted by atomic mass is 15.0. The van der Waals surface area contributed by atoms with Crippen LogP contribution in [0.3, 0.4) is 0 Å². The lowest BCUT2D eigenvalue weighted by atomic mass is 10.1. The number of benzene rings is 3. The highest BCUT2D eigenvalue weighted by Gasteiger charge is 2.09. The molecule has 0 N–H and O–H groups in total. The summed E-state index contributed by atoms with van der Waals surface area (Å²) in [6.45, 7) is 0. The predicted molar refractivity (Wildman–Crippen MR) is 93.9 cm³/mol. The molecular weight excluding hydrogens is 282 g/mol. The minimum Gasteiger partial charge on any atom is -0.316 e. The molecule has 0 saturated carbocycles. The predicted octanol–water partition coefficient (Wildman–Crippen LogP) is 4.73. The molecule has 0 aliphatic rings. The van der Waals surface area contributed by atoms with Crippen molar-refractivity contribution in [3.8, 4) is 5.69 Å². The molecule has 0 bridgehead atoms. The first-order valence-corrected chi connectivity index (χ1v) is 7.60. The molecule has 3 aromatic carbocycles. The van der Waals surface area contributed by atoms with Gasteiger partial charge < -0.3 is 4.57 Å². The van der Waals surface area contributed by atoms with Crippen molar-refractivity contribution in [1.29, 1.82) is 0 Å². The Morgan fingerprint density at radius 3 is 2.65 bits per heavy atom. The van der Waals surface area contributed by atoms with Crippen LogP contribution in [0.1, 0.15) is 0 Å². The van der Waals surface area contributed by atoms with Gasteiger partial charge >= 0.3 is 0 Å². The molecule has 3 heteroatoms. The molecule has 2 aromatic heterocycles. The van der Waals surface area contributed by atoms with Crippen LogP contribution in [0.25, 0.3) is 38.3 Å². The number of hydrogen-bond donors (Lipinski definition) is 0. The van der Waals surface area contributed by atoms with Crippen molar-refractivity contribution in [1.82, 2.24) is 14.5 Å². The topological polar surface area (TPSA) is 30.7 Å². The molecule has 0 amide bonds. The maximum absolute atomic E-state index is 4.45. The van der Waals surface area contributed by atoms with E-state index in [0.717, 1.165) is 21.8 Å². The first kappa shape index (κ1) is 12.4. The molecule has 23 heavy (non-hydrogen) atoms. The third-order valence-corrected chi connectivity index (χ3v) is 4.37. The van der Waals surface area contributed by atoms with Crippen molar-refractivity contribution in [2.75, 3.05) is 0 Å². The number of hydrogen-bond acceptors (Lipinski definition) is 2. The number of aromatic nitrogens is 3. The summed E-state index contributed by atoms with van der Waals surface area (Å²) in [6, 6.07) is 21.2. The van der Waals surface area contributed by atoms with Gasteiger partial charge in [-0.2, -0.15) is 0 Å². The zero-order valence-corrected chi connectivity index (χ0v) is 12.3. The monoisotopic (exact) mass is 295 g/mol. The Morgan fingerprint density at radius 2 is 1.65 bits per heavy atom. The summed E-state index contributed by atoms with van der Waals surface area (Å²) in [6.07, 6.45) is 5.59. The van der Waals surface area contributed by atoms with Gasteiger partial charge in [-0.25, -0.2) is 9.97 Å². The van der Waals surface area contributed by atoms with Gasteiger partial charge in [0.25, 0.3) is 0 Å². The van der Waals surface area contributed by atoms with Gasteiger partial charge in [0.1, 0.15) is 6.33 Å². The summed E-state index contributed by atoms with van der Waals surface area (Å²) in [5.41, 5.74) is 3.34. The second kappa shape index (κ2) is 4.65. The number of nitrogens with zero attached hydrogens (tertiary/aromatic N) is 3. The van der Waals surface area contributed by atoms with Gasteiger partial charge in [-0.3, -0.25) is 0 Å². The molecule has 0 saturated heterocycles. The van der Waals surface area contributed by atoms with Gasteiger partial charge in [0, 0.05) is 28.6 Å². The number of rotatable bonds is 1. The van der Waals surface area contributed by atoms with Crippen molar-refractivity contribution in [2.45, 2.75) is 0 Å². The molecule has 5 rings (SSSR count). The Bertz CT molecular complexity index is 1170. The lowest BCUT2D eigenvalue weighted by Gasteiger charge is -2.10. The van der Waals surface area contributed by atoms with Crippen molar-refractivity contribution in [2.24, 2.45) is 0 Å². The van der Waals surface area contributed by atoms with E-state index in [0.29, 0.717) is 0 Å². The minimum absolute atomic E-state index is 0.997. The fourth-order valence-electron chi connectivity index (χ4n) is 3.30. The minimum atomic E-state index is 0.997. The molecular formula is C20H13N3. The van der Waals surface area contributed by atoms with E-state index in [1.807, 2.05) is 6.20 Å². The lowest BCUT2D eigenvalue weighted by Crippen LogP contribution is -1.93. The highest BCUT2D eigenvalue weighted by Crippen LogP contribution is 2.29. The Morgan fingerprint density at radius 1 is 0.739 bits per heavy atom. The van der Waals surface area contributed by atoms with E-state index < -0.39 is 0 Å². The zero-order valence-electron chi connectivity index (χ0n) is 12.3. The zero-order chi connectivity index (χ0) is 15.2. The molecule has 0 radical (unpaired) electrons.